The smallest absolute Gasteiger partial charge is 0.373 e. The molecule has 0 aliphatic heterocycles. The van der Waals surface area contributed by atoms with Crippen LogP contribution in [0.2, 0.25) is 0 Å². The van der Waals surface area contributed by atoms with E-state index < -0.39 is 17.2 Å². The summed E-state index contributed by atoms with van der Waals surface area (Å²) in [7, 11) is 1.27. The molecule has 4 aromatic rings. The van der Waals surface area contributed by atoms with Gasteiger partial charge in [0, 0.05) is 6.54 Å². The number of rotatable bonds is 6. The zero-order valence-electron chi connectivity index (χ0n) is 18.4. The van der Waals surface area contributed by atoms with E-state index in [2.05, 4.69) is 9.72 Å². The number of hydrogen-bond donors (Lipinski definition) is 0. The number of esters is 1. The predicted molar refractivity (Wildman–Crippen MR) is 118 cm³/mol. The van der Waals surface area contributed by atoms with Crippen LogP contribution in [0.15, 0.2) is 56.7 Å². The number of aryl methyl sites for hydroxylation is 1. The number of carbonyl (C=O) groups excluding carboxylic acids is 1. The fraction of sp³-hybridized carbons (Fsp3) is 0.304. The van der Waals surface area contributed by atoms with Crippen molar-refractivity contribution in [3.05, 3.63) is 80.6 Å². The zero-order valence-corrected chi connectivity index (χ0v) is 18.4. The Morgan fingerprint density at radius 2 is 1.91 bits per heavy atom. The van der Waals surface area contributed by atoms with Gasteiger partial charge in [0.25, 0.3) is 5.56 Å². The summed E-state index contributed by atoms with van der Waals surface area (Å²) in [4.78, 5) is 42.8. The summed E-state index contributed by atoms with van der Waals surface area (Å²) in [6.07, 6.45) is 1.50. The fourth-order valence-corrected chi connectivity index (χ4v) is 3.70. The average molecular weight is 436 g/mol. The van der Waals surface area contributed by atoms with Gasteiger partial charge in [-0.05, 0) is 36.6 Å². The van der Waals surface area contributed by atoms with E-state index in [-0.39, 0.29) is 35.9 Å². The molecule has 0 saturated carbocycles. The molecule has 3 aromatic heterocycles. The number of para-hydroxylation sites is 1. The van der Waals surface area contributed by atoms with Crippen molar-refractivity contribution in [2.45, 2.75) is 33.9 Å². The highest BCUT2D eigenvalue weighted by molar-refractivity contribution is 5.86. The van der Waals surface area contributed by atoms with Crippen LogP contribution in [0.25, 0.3) is 16.9 Å². The Labute approximate surface area is 183 Å². The molecule has 1 aromatic carbocycles. The third kappa shape index (κ3) is 3.66. The molecule has 0 atom stereocenters. The summed E-state index contributed by atoms with van der Waals surface area (Å²) in [6.45, 7) is 6.24. The highest BCUT2D eigenvalue weighted by Crippen LogP contribution is 2.18. The van der Waals surface area contributed by atoms with Crippen LogP contribution < -0.4 is 11.2 Å². The average Bonchev–Trinajstić information content (AvgIpc) is 3.39. The Hall–Kier alpha value is -3.88. The van der Waals surface area contributed by atoms with Crippen LogP contribution in [0.4, 0.5) is 0 Å². The maximum atomic E-state index is 13.4. The molecule has 0 bridgehead atoms. The van der Waals surface area contributed by atoms with Gasteiger partial charge in [0.15, 0.2) is 11.2 Å². The second-order valence-corrected chi connectivity index (χ2v) is 8.02. The van der Waals surface area contributed by atoms with Crippen LogP contribution >= 0.6 is 0 Å². The van der Waals surface area contributed by atoms with E-state index in [9.17, 15) is 14.4 Å². The number of ether oxygens (including phenoxy) is 1. The minimum Gasteiger partial charge on any atom is -0.463 e. The number of fused-ring (bicyclic) bond motifs is 1. The molecule has 0 unspecified atom stereocenters. The minimum absolute atomic E-state index is 0.0703. The van der Waals surface area contributed by atoms with Gasteiger partial charge in [-0.2, -0.15) is 0 Å². The molecule has 0 saturated heterocycles. The SMILES string of the molecule is COC(=O)c1ccc(Cn2cnc3c2c(=O)n(CC(C)C)c(=O)n3-c2ccccc2C)o1. The Morgan fingerprint density at radius 1 is 1.16 bits per heavy atom. The molecule has 32 heavy (non-hydrogen) atoms. The van der Waals surface area contributed by atoms with Crippen LogP contribution in [0, 0.1) is 12.8 Å². The summed E-state index contributed by atoms with van der Waals surface area (Å²) >= 11 is 0. The Balaban J connectivity index is 1.94. The third-order valence-corrected chi connectivity index (χ3v) is 5.18. The molecule has 0 fully saturated rings. The molecule has 4 rings (SSSR count). The second kappa shape index (κ2) is 8.33. The summed E-state index contributed by atoms with van der Waals surface area (Å²) in [5.41, 5.74) is 1.26. The summed E-state index contributed by atoms with van der Waals surface area (Å²) in [6, 6.07) is 10.6. The van der Waals surface area contributed by atoms with Gasteiger partial charge in [0.2, 0.25) is 5.76 Å². The Bertz CT molecular complexity index is 1420. The van der Waals surface area contributed by atoms with E-state index in [1.54, 1.807) is 10.6 Å². The first-order valence-electron chi connectivity index (χ1n) is 10.3. The van der Waals surface area contributed by atoms with E-state index in [0.717, 1.165) is 5.56 Å². The first kappa shape index (κ1) is 21.4. The maximum absolute atomic E-state index is 13.4. The number of methoxy groups -OCH3 is 1. The summed E-state index contributed by atoms with van der Waals surface area (Å²) in [5, 5.41) is 0. The molecule has 0 spiro atoms. The molecule has 9 heteroatoms. The van der Waals surface area contributed by atoms with E-state index in [1.165, 1.54) is 28.6 Å². The molecule has 0 radical (unpaired) electrons. The fourth-order valence-electron chi connectivity index (χ4n) is 3.70. The van der Waals surface area contributed by atoms with Crippen molar-refractivity contribution in [1.29, 1.82) is 0 Å². The van der Waals surface area contributed by atoms with Crippen molar-refractivity contribution < 1.29 is 13.9 Å². The van der Waals surface area contributed by atoms with E-state index in [1.807, 2.05) is 45.0 Å². The second-order valence-electron chi connectivity index (χ2n) is 8.02. The van der Waals surface area contributed by atoms with E-state index >= 15 is 0 Å². The number of aromatic nitrogens is 4. The molecule has 0 aliphatic rings. The van der Waals surface area contributed by atoms with E-state index in [4.69, 9.17) is 4.42 Å². The summed E-state index contributed by atoms with van der Waals surface area (Å²) < 4.78 is 14.6. The lowest BCUT2D eigenvalue weighted by atomic mass is 10.2. The third-order valence-electron chi connectivity index (χ3n) is 5.18. The monoisotopic (exact) mass is 436 g/mol. The molecule has 0 aliphatic carbocycles. The van der Waals surface area contributed by atoms with Gasteiger partial charge in [-0.15, -0.1) is 0 Å². The lowest BCUT2D eigenvalue weighted by Crippen LogP contribution is -2.41. The highest BCUT2D eigenvalue weighted by Gasteiger charge is 2.21. The van der Waals surface area contributed by atoms with Crippen LogP contribution in [-0.4, -0.2) is 31.8 Å². The molecule has 9 nitrogen and oxygen atoms in total. The Kier molecular flexibility index (Phi) is 5.56. The van der Waals surface area contributed by atoms with Crippen LogP contribution in [-0.2, 0) is 17.8 Å². The standard InChI is InChI=1S/C23H24N4O5/c1-14(2)11-26-21(28)19-20(27(23(26)30)17-8-6-5-7-15(17)3)24-13-25(19)12-16-9-10-18(32-16)22(29)31-4/h5-10,13-14H,11-12H2,1-4H3. The van der Waals surface area contributed by atoms with Crippen molar-refractivity contribution in [3.63, 3.8) is 0 Å². The normalized spacial score (nSPS) is 11.4. The first-order valence-corrected chi connectivity index (χ1v) is 10.3. The number of nitrogens with zero attached hydrogens (tertiary/aromatic N) is 4. The Morgan fingerprint density at radius 3 is 2.59 bits per heavy atom. The van der Waals surface area contributed by atoms with Gasteiger partial charge in [0.05, 0.1) is 25.7 Å². The largest absolute Gasteiger partial charge is 0.463 e. The van der Waals surface area contributed by atoms with Crippen molar-refractivity contribution in [1.82, 2.24) is 18.7 Å². The number of benzene rings is 1. The van der Waals surface area contributed by atoms with Crippen molar-refractivity contribution in [3.8, 4) is 5.69 Å². The molecule has 166 valence electrons. The van der Waals surface area contributed by atoms with Gasteiger partial charge in [0.1, 0.15) is 5.76 Å². The van der Waals surface area contributed by atoms with Crippen molar-refractivity contribution >= 4 is 17.1 Å². The number of imidazole rings is 1. The van der Waals surface area contributed by atoms with Gasteiger partial charge in [-0.1, -0.05) is 32.0 Å². The maximum Gasteiger partial charge on any atom is 0.373 e. The molecule has 0 amide bonds. The lowest BCUT2D eigenvalue weighted by Gasteiger charge is -2.15. The lowest BCUT2D eigenvalue weighted by molar-refractivity contribution is 0.0563. The van der Waals surface area contributed by atoms with Crippen molar-refractivity contribution in [2.75, 3.05) is 7.11 Å². The first-order chi connectivity index (χ1) is 15.3. The van der Waals surface area contributed by atoms with Crippen LogP contribution in [0.5, 0.6) is 0 Å². The van der Waals surface area contributed by atoms with Crippen LogP contribution in [0.3, 0.4) is 0 Å². The molecule has 3 heterocycles. The number of carbonyl (C=O) groups is 1. The topological polar surface area (TPSA) is 101 Å². The molecular weight excluding hydrogens is 412 g/mol. The quantitative estimate of drug-likeness (QED) is 0.431. The van der Waals surface area contributed by atoms with Gasteiger partial charge < -0.3 is 13.7 Å². The predicted octanol–water partition coefficient (Wildman–Crippen LogP) is 2.74. The number of hydrogen-bond acceptors (Lipinski definition) is 6. The highest BCUT2D eigenvalue weighted by atomic mass is 16.5. The van der Waals surface area contributed by atoms with Gasteiger partial charge >= 0.3 is 11.7 Å². The molecular formula is C23H24N4O5. The van der Waals surface area contributed by atoms with Gasteiger partial charge in [-0.3, -0.25) is 9.36 Å². The van der Waals surface area contributed by atoms with Crippen LogP contribution in [0.1, 0.15) is 35.7 Å². The number of furan rings is 1. The minimum atomic E-state index is -0.584. The van der Waals surface area contributed by atoms with E-state index in [0.29, 0.717) is 11.4 Å². The zero-order chi connectivity index (χ0) is 23.0. The summed E-state index contributed by atoms with van der Waals surface area (Å²) in [5.74, 6) is 0.0285. The molecule has 0 N–H and O–H groups in total. The van der Waals surface area contributed by atoms with Gasteiger partial charge in [-0.25, -0.2) is 19.1 Å². The van der Waals surface area contributed by atoms with Crippen molar-refractivity contribution in [2.24, 2.45) is 5.92 Å².